The lowest BCUT2D eigenvalue weighted by Crippen LogP contribution is -2.30. The Morgan fingerprint density at radius 2 is 1.88 bits per heavy atom. The molecule has 1 N–H and O–H groups in total. The second-order valence-corrected chi connectivity index (χ2v) is 9.00. The number of benzene rings is 1. The number of allylic oxidation sites excluding steroid dienone is 2. The van der Waals surface area contributed by atoms with Gasteiger partial charge in [0.25, 0.3) is 0 Å². The maximum atomic E-state index is 10.8. The summed E-state index contributed by atoms with van der Waals surface area (Å²) >= 11 is 0. The van der Waals surface area contributed by atoms with Crippen LogP contribution in [-0.4, -0.2) is 12.5 Å². The molecule has 1 aliphatic carbocycles. The number of hydrogen-bond donors (Lipinski definition) is 1. The lowest BCUT2D eigenvalue weighted by Gasteiger charge is -2.29. The van der Waals surface area contributed by atoms with E-state index in [9.17, 15) is 4.79 Å². The van der Waals surface area contributed by atoms with Gasteiger partial charge in [-0.3, -0.25) is 4.79 Å². The summed E-state index contributed by atoms with van der Waals surface area (Å²) in [5, 5.41) is 11.7. The van der Waals surface area contributed by atoms with E-state index < -0.39 is 0 Å². The molecule has 0 aromatic heterocycles. The van der Waals surface area contributed by atoms with Crippen LogP contribution in [0, 0.1) is 37.0 Å². The highest BCUT2D eigenvalue weighted by Gasteiger charge is 2.21. The molecule has 180 valence electrons. The maximum absolute atomic E-state index is 10.8. The number of rotatable bonds is 7. The first-order chi connectivity index (χ1) is 15.3. The fourth-order valence-electron chi connectivity index (χ4n) is 4.23. The van der Waals surface area contributed by atoms with Gasteiger partial charge in [-0.15, -0.1) is 0 Å². The molecular weight excluding hydrogens is 392 g/mol. The van der Waals surface area contributed by atoms with Crippen LogP contribution in [0.1, 0.15) is 108 Å². The highest BCUT2D eigenvalue weighted by Crippen LogP contribution is 2.31. The maximum Gasteiger partial charge on any atom is 0.216 e. The zero-order valence-corrected chi connectivity index (χ0v) is 21.9. The van der Waals surface area contributed by atoms with Crippen molar-refractivity contribution in [2.45, 2.75) is 106 Å². The number of nitrogens with one attached hydrogen (secondary N) is 1. The topological polar surface area (TPSA) is 52.9 Å². The van der Waals surface area contributed by atoms with Gasteiger partial charge in [0.05, 0.1) is 11.6 Å². The first-order valence-electron chi connectivity index (χ1n) is 12.7. The Hall–Kier alpha value is -2.08. The minimum atomic E-state index is 0.116. The van der Waals surface area contributed by atoms with Gasteiger partial charge in [0.2, 0.25) is 5.91 Å². The van der Waals surface area contributed by atoms with E-state index in [-0.39, 0.29) is 5.91 Å². The van der Waals surface area contributed by atoms with Crippen LogP contribution in [0.5, 0.6) is 0 Å². The zero-order chi connectivity index (χ0) is 24.4. The number of unbranched alkanes of at least 4 members (excludes halogenated alkanes) is 1. The molecule has 3 heteroatoms. The summed E-state index contributed by atoms with van der Waals surface area (Å²) < 4.78 is 0. The van der Waals surface area contributed by atoms with Crippen LogP contribution in [0.4, 0.5) is 0 Å². The lowest BCUT2D eigenvalue weighted by atomic mass is 9.79. The molecule has 1 aliphatic rings. The molecule has 32 heavy (non-hydrogen) atoms. The first-order valence-corrected chi connectivity index (χ1v) is 12.7. The van der Waals surface area contributed by atoms with E-state index in [1.165, 1.54) is 61.6 Å². The van der Waals surface area contributed by atoms with Gasteiger partial charge in [0, 0.05) is 13.5 Å². The van der Waals surface area contributed by atoms with E-state index in [0.717, 1.165) is 36.8 Å². The van der Waals surface area contributed by atoms with Crippen molar-refractivity contribution in [1.82, 2.24) is 5.32 Å². The van der Waals surface area contributed by atoms with Crippen molar-refractivity contribution in [2.75, 3.05) is 6.54 Å². The van der Waals surface area contributed by atoms with E-state index in [2.05, 4.69) is 58.2 Å². The molecule has 0 heterocycles. The Morgan fingerprint density at radius 1 is 1.19 bits per heavy atom. The van der Waals surface area contributed by atoms with Gasteiger partial charge in [-0.05, 0) is 87.1 Å². The van der Waals surface area contributed by atoms with Crippen LogP contribution in [0.15, 0.2) is 24.3 Å². The monoisotopic (exact) mass is 440 g/mol. The Balaban J connectivity index is 0.000000505. The second-order valence-electron chi connectivity index (χ2n) is 9.00. The molecule has 1 amide bonds. The van der Waals surface area contributed by atoms with E-state index in [1.807, 2.05) is 19.1 Å². The van der Waals surface area contributed by atoms with Crippen molar-refractivity contribution in [2.24, 2.45) is 11.8 Å². The predicted octanol–water partition coefficient (Wildman–Crippen LogP) is 7.83. The third-order valence-electron chi connectivity index (χ3n) is 6.25. The summed E-state index contributed by atoms with van der Waals surface area (Å²) in [5.41, 5.74) is 4.59. The summed E-state index contributed by atoms with van der Waals surface area (Å²) in [7, 11) is 0. The molecule has 1 saturated carbocycles. The fourth-order valence-corrected chi connectivity index (χ4v) is 4.23. The highest BCUT2D eigenvalue weighted by atomic mass is 16.1. The Morgan fingerprint density at radius 3 is 2.38 bits per heavy atom. The summed E-state index contributed by atoms with van der Waals surface area (Å²) in [6.07, 6.45) is 15.8. The van der Waals surface area contributed by atoms with Gasteiger partial charge in [0.15, 0.2) is 0 Å². The Kier molecular flexibility index (Phi) is 17.3. The van der Waals surface area contributed by atoms with Crippen molar-refractivity contribution in [1.29, 1.82) is 5.26 Å². The van der Waals surface area contributed by atoms with E-state index in [4.69, 9.17) is 5.26 Å². The quantitative estimate of drug-likeness (QED) is 0.439. The summed E-state index contributed by atoms with van der Waals surface area (Å²) in [4.78, 5) is 10.8. The molecule has 0 spiro atoms. The molecule has 2 atom stereocenters. The molecule has 0 radical (unpaired) electrons. The number of nitriles is 1. The van der Waals surface area contributed by atoms with Crippen LogP contribution in [0.3, 0.4) is 0 Å². The summed E-state index contributed by atoms with van der Waals surface area (Å²) in [5.74, 6) is 1.78. The van der Waals surface area contributed by atoms with Gasteiger partial charge in [-0.2, -0.15) is 5.26 Å². The van der Waals surface area contributed by atoms with Crippen molar-refractivity contribution in [3.05, 3.63) is 46.5 Å². The minimum absolute atomic E-state index is 0.116. The zero-order valence-electron chi connectivity index (χ0n) is 21.9. The minimum Gasteiger partial charge on any atom is -0.356 e. The number of carbonyl (C=O) groups excluding carboxylic acids is 1. The SMILES string of the molecule is C/C=C\CC.CCCCC1CCCC(CNC(C)=O)C1.CCc1cc(C#N)cc(C)c1C. The van der Waals surface area contributed by atoms with Crippen molar-refractivity contribution < 1.29 is 4.79 Å². The van der Waals surface area contributed by atoms with Crippen LogP contribution in [-0.2, 0) is 11.2 Å². The molecular formula is C29H48N2O. The van der Waals surface area contributed by atoms with E-state index in [0.29, 0.717) is 0 Å². The molecule has 2 rings (SSSR count). The Bertz CT molecular complexity index is 715. The van der Waals surface area contributed by atoms with Gasteiger partial charge in [0.1, 0.15) is 0 Å². The van der Waals surface area contributed by atoms with Gasteiger partial charge >= 0.3 is 0 Å². The van der Waals surface area contributed by atoms with Crippen LogP contribution >= 0.6 is 0 Å². The predicted molar refractivity (Wildman–Crippen MR) is 139 cm³/mol. The average molecular weight is 441 g/mol. The fraction of sp³-hybridized carbons (Fsp3) is 0.655. The third kappa shape index (κ3) is 13.4. The average Bonchev–Trinajstić information content (AvgIpc) is 2.79. The number of carbonyl (C=O) groups is 1. The molecule has 0 saturated heterocycles. The number of amides is 1. The lowest BCUT2D eigenvalue weighted by molar-refractivity contribution is -0.119. The van der Waals surface area contributed by atoms with E-state index in [1.54, 1.807) is 6.92 Å². The van der Waals surface area contributed by atoms with Crippen LogP contribution in [0.2, 0.25) is 0 Å². The largest absolute Gasteiger partial charge is 0.356 e. The molecule has 1 aromatic carbocycles. The standard InChI is InChI=1S/C13H25NO.C11H13N.C5H10/c1-3-4-6-12-7-5-8-13(9-12)10-14-11(2)15;1-4-11-6-10(7-12)5-8(2)9(11)3;1-3-5-4-2/h12-13H,3-10H2,1-2H3,(H,14,15);5-6H,4H2,1-3H3;3,5H,4H2,1-2H3/b;;5-3-. The first kappa shape index (κ1) is 29.9. The molecule has 3 nitrogen and oxygen atoms in total. The summed E-state index contributed by atoms with van der Waals surface area (Å²) in [6.45, 7) is 15.2. The van der Waals surface area contributed by atoms with Gasteiger partial charge in [-0.1, -0.05) is 65.0 Å². The number of hydrogen-bond acceptors (Lipinski definition) is 2. The van der Waals surface area contributed by atoms with E-state index >= 15 is 0 Å². The Labute approximate surface area is 198 Å². The van der Waals surface area contributed by atoms with Gasteiger partial charge < -0.3 is 5.32 Å². The van der Waals surface area contributed by atoms with Crippen LogP contribution < -0.4 is 5.32 Å². The number of aryl methyl sites for hydroxylation is 2. The van der Waals surface area contributed by atoms with Crippen molar-refractivity contribution in [3.8, 4) is 6.07 Å². The number of nitrogens with zero attached hydrogens (tertiary/aromatic N) is 1. The molecule has 1 aromatic rings. The molecule has 2 unspecified atom stereocenters. The van der Waals surface area contributed by atoms with Crippen LogP contribution in [0.25, 0.3) is 0 Å². The normalized spacial score (nSPS) is 17.4. The highest BCUT2D eigenvalue weighted by molar-refractivity contribution is 5.72. The third-order valence-corrected chi connectivity index (χ3v) is 6.25. The van der Waals surface area contributed by atoms with Gasteiger partial charge in [-0.25, -0.2) is 0 Å². The molecule has 1 fully saturated rings. The smallest absolute Gasteiger partial charge is 0.216 e. The van der Waals surface area contributed by atoms with Crippen molar-refractivity contribution >= 4 is 5.91 Å². The second kappa shape index (κ2) is 18.5. The molecule has 0 bridgehead atoms. The summed E-state index contributed by atoms with van der Waals surface area (Å²) in [6, 6.07) is 6.08. The van der Waals surface area contributed by atoms with Crippen molar-refractivity contribution in [3.63, 3.8) is 0 Å². The molecule has 0 aliphatic heterocycles.